The molecule has 0 spiro atoms. The highest BCUT2D eigenvalue weighted by atomic mass is 32.2. The largest absolute Gasteiger partial charge is 0.486 e. The monoisotopic (exact) mass is 481 g/mol. The maximum atomic E-state index is 13.4. The van der Waals surface area contributed by atoms with E-state index in [0.29, 0.717) is 51.3 Å². The van der Waals surface area contributed by atoms with Crippen molar-refractivity contribution in [3.63, 3.8) is 0 Å². The number of hydrogen-bond donors (Lipinski definition) is 0. The van der Waals surface area contributed by atoms with Crippen molar-refractivity contribution in [2.45, 2.75) is 36.6 Å². The molecule has 9 heteroatoms. The number of benzene rings is 2. The van der Waals surface area contributed by atoms with Crippen LogP contribution in [0.2, 0.25) is 0 Å². The lowest BCUT2D eigenvalue weighted by atomic mass is 9.95. The van der Waals surface area contributed by atoms with Gasteiger partial charge in [0.25, 0.3) is 0 Å². The van der Waals surface area contributed by atoms with E-state index < -0.39 is 10.0 Å². The Bertz CT molecular complexity index is 1210. The van der Waals surface area contributed by atoms with Crippen LogP contribution in [0.4, 0.5) is 0 Å². The maximum absolute atomic E-state index is 13.4. The lowest BCUT2D eigenvalue weighted by Crippen LogP contribution is -2.44. The first-order chi connectivity index (χ1) is 16.5. The Labute approximate surface area is 199 Å². The number of sulfonamides is 1. The zero-order chi connectivity index (χ0) is 23.7. The number of piperidine rings is 1. The van der Waals surface area contributed by atoms with Crippen LogP contribution in [0.3, 0.4) is 0 Å². The number of carbonyl (C=O) groups is 1. The van der Waals surface area contributed by atoms with Crippen LogP contribution in [0.5, 0.6) is 11.5 Å². The molecule has 0 aromatic heterocycles. The first-order valence-corrected chi connectivity index (χ1v) is 13.1. The highest BCUT2D eigenvalue weighted by Gasteiger charge is 2.38. The fourth-order valence-corrected chi connectivity index (χ4v) is 6.54. The number of carbonyl (C=O) groups excluding carboxylic acids is 1. The number of ether oxygens (including phenoxy) is 2. The predicted octanol–water partition coefficient (Wildman–Crippen LogP) is 3.09. The lowest BCUT2D eigenvalue weighted by molar-refractivity contribution is -0.137. The van der Waals surface area contributed by atoms with Crippen LogP contribution in [-0.2, 0) is 14.8 Å². The molecule has 5 rings (SSSR count). The molecule has 2 fully saturated rings. The molecule has 0 radical (unpaired) electrons. The van der Waals surface area contributed by atoms with E-state index >= 15 is 0 Å². The van der Waals surface area contributed by atoms with Gasteiger partial charge in [-0.05, 0) is 67.6 Å². The summed E-state index contributed by atoms with van der Waals surface area (Å²) in [6.07, 6.45) is 2.84. The van der Waals surface area contributed by atoms with Gasteiger partial charge in [-0.2, -0.15) is 9.57 Å². The zero-order valence-electron chi connectivity index (χ0n) is 18.9. The summed E-state index contributed by atoms with van der Waals surface area (Å²) in [6, 6.07) is 13.9. The molecule has 0 unspecified atom stereocenters. The molecule has 8 nitrogen and oxygen atoms in total. The molecule has 1 amide bonds. The SMILES string of the molecule is N#Cc1ccc(S(=O)(=O)N2CCC(C(=O)N3CCC[C@H]3c3ccc4c(c3)OCCO4)CC2)cc1. The Kier molecular flexibility index (Phi) is 6.19. The average Bonchev–Trinajstić information content (AvgIpc) is 3.38. The molecule has 2 aromatic rings. The van der Waals surface area contributed by atoms with E-state index in [4.69, 9.17) is 14.7 Å². The third-order valence-corrected chi connectivity index (χ3v) is 8.82. The van der Waals surface area contributed by atoms with Gasteiger partial charge < -0.3 is 14.4 Å². The second-order valence-corrected chi connectivity index (χ2v) is 10.8. The summed E-state index contributed by atoms with van der Waals surface area (Å²) in [5.41, 5.74) is 1.47. The summed E-state index contributed by atoms with van der Waals surface area (Å²) in [5, 5.41) is 8.94. The van der Waals surface area contributed by atoms with Gasteiger partial charge in [0.2, 0.25) is 15.9 Å². The van der Waals surface area contributed by atoms with Crippen molar-refractivity contribution in [2.75, 3.05) is 32.8 Å². The molecular formula is C25H27N3O5S. The molecule has 0 N–H and O–H groups in total. The van der Waals surface area contributed by atoms with Gasteiger partial charge in [-0.15, -0.1) is 0 Å². The topological polar surface area (TPSA) is 99.9 Å². The van der Waals surface area contributed by atoms with E-state index in [1.165, 1.54) is 28.6 Å². The van der Waals surface area contributed by atoms with Crippen molar-refractivity contribution >= 4 is 15.9 Å². The summed E-state index contributed by atoms with van der Waals surface area (Å²) in [6.45, 7) is 2.39. The van der Waals surface area contributed by atoms with Gasteiger partial charge in [0.1, 0.15) is 13.2 Å². The Morgan fingerprint density at radius 3 is 2.35 bits per heavy atom. The molecule has 3 aliphatic heterocycles. The molecule has 2 aromatic carbocycles. The number of nitriles is 1. The molecule has 34 heavy (non-hydrogen) atoms. The normalized spacial score (nSPS) is 21.3. The number of rotatable bonds is 4. The third kappa shape index (κ3) is 4.24. The number of hydrogen-bond acceptors (Lipinski definition) is 6. The first-order valence-electron chi connectivity index (χ1n) is 11.7. The summed E-state index contributed by atoms with van der Waals surface area (Å²) in [4.78, 5) is 15.6. The number of amides is 1. The summed E-state index contributed by atoms with van der Waals surface area (Å²) in [7, 11) is -3.64. The first kappa shape index (κ1) is 22.7. The van der Waals surface area contributed by atoms with Gasteiger partial charge in [0.15, 0.2) is 11.5 Å². The second kappa shape index (κ2) is 9.28. The van der Waals surface area contributed by atoms with E-state index in [2.05, 4.69) is 0 Å². The van der Waals surface area contributed by atoms with Crippen LogP contribution >= 0.6 is 0 Å². The van der Waals surface area contributed by atoms with Gasteiger partial charge in [-0.3, -0.25) is 4.79 Å². The number of fused-ring (bicyclic) bond motifs is 1. The minimum atomic E-state index is -3.64. The molecule has 0 bridgehead atoms. The van der Waals surface area contributed by atoms with Crippen molar-refractivity contribution < 1.29 is 22.7 Å². The van der Waals surface area contributed by atoms with Gasteiger partial charge in [-0.1, -0.05) is 6.07 Å². The fraction of sp³-hybridized carbons (Fsp3) is 0.440. The third-order valence-electron chi connectivity index (χ3n) is 6.91. The average molecular weight is 482 g/mol. The zero-order valence-corrected chi connectivity index (χ0v) is 19.7. The molecule has 0 saturated carbocycles. The summed E-state index contributed by atoms with van der Waals surface area (Å²) < 4.78 is 38.8. The number of likely N-dealkylation sites (tertiary alicyclic amines) is 1. The molecule has 1 atom stereocenters. The number of nitrogens with zero attached hydrogens (tertiary/aromatic N) is 3. The van der Waals surface area contributed by atoms with E-state index in [-0.39, 0.29) is 22.8 Å². The van der Waals surface area contributed by atoms with Crippen LogP contribution in [-0.4, -0.2) is 56.4 Å². The fourth-order valence-electron chi connectivity index (χ4n) is 5.07. The van der Waals surface area contributed by atoms with Gasteiger partial charge >= 0.3 is 0 Å². The molecule has 3 heterocycles. The van der Waals surface area contributed by atoms with Crippen molar-refractivity contribution in [2.24, 2.45) is 5.92 Å². The smallest absolute Gasteiger partial charge is 0.243 e. The van der Waals surface area contributed by atoms with Crippen molar-refractivity contribution in [3.8, 4) is 17.6 Å². The van der Waals surface area contributed by atoms with Crippen molar-refractivity contribution in [3.05, 3.63) is 53.6 Å². The van der Waals surface area contributed by atoms with Crippen LogP contribution in [0, 0.1) is 17.2 Å². The van der Waals surface area contributed by atoms with E-state index in [0.717, 1.165) is 29.9 Å². The van der Waals surface area contributed by atoms with Gasteiger partial charge in [0.05, 0.1) is 22.6 Å². The van der Waals surface area contributed by atoms with Crippen LogP contribution < -0.4 is 9.47 Å². The lowest BCUT2D eigenvalue weighted by Gasteiger charge is -2.34. The van der Waals surface area contributed by atoms with E-state index in [1.54, 1.807) is 0 Å². The van der Waals surface area contributed by atoms with Crippen LogP contribution in [0.1, 0.15) is 42.9 Å². The van der Waals surface area contributed by atoms with Gasteiger partial charge in [0, 0.05) is 25.6 Å². The Hall–Kier alpha value is -3.09. The van der Waals surface area contributed by atoms with Crippen LogP contribution in [0.15, 0.2) is 47.4 Å². The Balaban J connectivity index is 1.25. The molecule has 178 valence electrons. The standard InChI is InChI=1S/C25H27N3O5S/c26-17-18-3-6-21(7-4-18)34(30,31)27-12-9-19(10-13-27)25(29)28-11-1-2-22(28)20-5-8-23-24(16-20)33-15-14-32-23/h3-8,16,19,22H,1-2,9-15H2/t22-/m0/s1. The minimum absolute atomic E-state index is 0.00346. The second-order valence-electron chi connectivity index (χ2n) is 8.91. The Morgan fingerprint density at radius 2 is 1.65 bits per heavy atom. The minimum Gasteiger partial charge on any atom is -0.486 e. The Morgan fingerprint density at radius 1 is 0.941 bits per heavy atom. The summed E-state index contributed by atoms with van der Waals surface area (Å²) in [5.74, 6) is 1.38. The summed E-state index contributed by atoms with van der Waals surface area (Å²) >= 11 is 0. The van der Waals surface area contributed by atoms with Crippen molar-refractivity contribution in [1.82, 2.24) is 9.21 Å². The molecular weight excluding hydrogens is 454 g/mol. The van der Waals surface area contributed by atoms with E-state index in [1.807, 2.05) is 29.2 Å². The van der Waals surface area contributed by atoms with Gasteiger partial charge in [-0.25, -0.2) is 8.42 Å². The maximum Gasteiger partial charge on any atom is 0.243 e. The van der Waals surface area contributed by atoms with Crippen molar-refractivity contribution in [1.29, 1.82) is 5.26 Å². The highest BCUT2D eigenvalue weighted by Crippen LogP contribution is 2.39. The highest BCUT2D eigenvalue weighted by molar-refractivity contribution is 7.89. The molecule has 0 aliphatic carbocycles. The predicted molar refractivity (Wildman–Crippen MR) is 124 cm³/mol. The molecule has 3 aliphatic rings. The molecule has 2 saturated heterocycles. The van der Waals surface area contributed by atoms with E-state index in [9.17, 15) is 13.2 Å². The van der Waals surface area contributed by atoms with Crippen LogP contribution in [0.25, 0.3) is 0 Å². The quantitative estimate of drug-likeness (QED) is 0.665.